The molecular weight excluding hydrogens is 397 g/mol. The molecule has 9 heteroatoms. The number of unbranched alkanes of at least 4 members (excludes halogenated alkanes) is 1. The van der Waals surface area contributed by atoms with E-state index in [1.54, 1.807) is 12.2 Å². The molecule has 0 radical (unpaired) electrons. The van der Waals surface area contributed by atoms with Gasteiger partial charge in [0.15, 0.2) is 4.90 Å². The molecule has 156 valence electrons. The molecule has 1 aromatic carbocycles. The van der Waals surface area contributed by atoms with E-state index in [1.165, 1.54) is 6.07 Å². The Bertz CT molecular complexity index is 705. The second-order valence-corrected chi connectivity index (χ2v) is 8.44. The highest BCUT2D eigenvalue weighted by Gasteiger charge is 2.68. The van der Waals surface area contributed by atoms with E-state index in [9.17, 15) is 28.2 Å². The number of allylic oxidation sites excluding steroid dienone is 3. The van der Waals surface area contributed by atoms with Gasteiger partial charge in [-0.05, 0) is 62.8 Å². The predicted molar refractivity (Wildman–Crippen MR) is 95.6 cm³/mol. The Hall–Kier alpha value is -1.64. The first-order valence-electron chi connectivity index (χ1n) is 8.29. The Morgan fingerprint density at radius 1 is 1.07 bits per heavy atom. The maximum Gasteiger partial charge on any atom is 0.314 e. The van der Waals surface area contributed by atoms with Crippen molar-refractivity contribution in [3.05, 3.63) is 47.3 Å². The fourth-order valence-electron chi connectivity index (χ4n) is 2.49. The molecule has 0 atom stereocenters. The van der Waals surface area contributed by atoms with Gasteiger partial charge in [0.1, 0.15) is 12.4 Å². The van der Waals surface area contributed by atoms with E-state index in [-0.39, 0.29) is 12.0 Å². The molecule has 1 rings (SSSR count). The smallest absolute Gasteiger partial charge is 0.314 e. The summed E-state index contributed by atoms with van der Waals surface area (Å²) in [4.78, 5) is -2.07. The van der Waals surface area contributed by atoms with Crippen LogP contribution in [-0.4, -0.2) is 13.3 Å². The molecule has 0 bridgehead atoms. The third-order valence-electron chi connectivity index (χ3n) is 3.72. The molecule has 0 spiro atoms. The summed E-state index contributed by atoms with van der Waals surface area (Å²) in [7, 11) is -10.0. The molecular formula is C18H23F7OS. The van der Waals surface area contributed by atoms with E-state index >= 15 is 0 Å². The summed E-state index contributed by atoms with van der Waals surface area (Å²) in [5.41, 5.74) is -0.497. The summed E-state index contributed by atoms with van der Waals surface area (Å²) < 4.78 is 97.1. The second kappa shape index (κ2) is 8.16. The first-order valence-corrected chi connectivity index (χ1v) is 10.2. The van der Waals surface area contributed by atoms with Gasteiger partial charge in [-0.1, -0.05) is 37.6 Å². The average molecular weight is 420 g/mol. The van der Waals surface area contributed by atoms with Crippen LogP contribution in [0.2, 0.25) is 0 Å². The van der Waals surface area contributed by atoms with Crippen molar-refractivity contribution in [3.63, 3.8) is 0 Å². The standard InChI is InChI=1S/C18H23F7OS/c1-14(20)11-13-26-17-10-9-16(8-6-4-3-5-7-12-19)15(2)18(17)27(21,22,23,24)25/h3-4,9-11H,5-8,12-13H2,1-2H3/b4-3+,14-11-. The van der Waals surface area contributed by atoms with Crippen LogP contribution >= 0.6 is 10.2 Å². The molecule has 1 nitrogen and oxygen atoms in total. The van der Waals surface area contributed by atoms with Crippen molar-refractivity contribution < 1.29 is 32.9 Å². The molecule has 0 saturated heterocycles. The van der Waals surface area contributed by atoms with E-state index in [1.807, 2.05) is 0 Å². The predicted octanol–water partition coefficient (Wildman–Crippen LogP) is 8.14. The van der Waals surface area contributed by atoms with Crippen molar-refractivity contribution in [2.24, 2.45) is 0 Å². The lowest BCUT2D eigenvalue weighted by atomic mass is 10.0. The summed E-state index contributed by atoms with van der Waals surface area (Å²) >= 11 is 0. The zero-order valence-electron chi connectivity index (χ0n) is 15.1. The molecule has 0 aliphatic rings. The summed E-state index contributed by atoms with van der Waals surface area (Å²) in [6.07, 6.45) is 5.51. The molecule has 0 aliphatic carbocycles. The minimum Gasteiger partial charge on any atom is -0.488 e. The lowest BCUT2D eigenvalue weighted by molar-refractivity contribution is 0.323. The van der Waals surface area contributed by atoms with Gasteiger partial charge in [-0.15, -0.1) is 0 Å². The van der Waals surface area contributed by atoms with E-state index < -0.39 is 45.5 Å². The number of aryl methyl sites for hydroxylation is 1. The van der Waals surface area contributed by atoms with Gasteiger partial charge < -0.3 is 4.74 Å². The summed E-state index contributed by atoms with van der Waals surface area (Å²) in [6, 6.07) is 2.13. The molecule has 1 aromatic rings. The van der Waals surface area contributed by atoms with Crippen LogP contribution in [0.3, 0.4) is 0 Å². The Morgan fingerprint density at radius 2 is 1.70 bits per heavy atom. The van der Waals surface area contributed by atoms with Crippen LogP contribution in [0.15, 0.2) is 41.1 Å². The van der Waals surface area contributed by atoms with Crippen molar-refractivity contribution in [1.82, 2.24) is 0 Å². The number of halogens is 7. The molecule has 0 N–H and O–H groups in total. The second-order valence-electron chi connectivity index (χ2n) is 6.09. The molecule has 0 aromatic heterocycles. The van der Waals surface area contributed by atoms with Gasteiger partial charge >= 0.3 is 10.2 Å². The summed E-state index contributed by atoms with van der Waals surface area (Å²) in [6.45, 7) is 0.970. The quantitative estimate of drug-likeness (QED) is 0.211. The van der Waals surface area contributed by atoms with Crippen LogP contribution in [0.25, 0.3) is 0 Å². The van der Waals surface area contributed by atoms with Crippen molar-refractivity contribution in [2.45, 2.75) is 44.4 Å². The van der Waals surface area contributed by atoms with Crippen LogP contribution < -0.4 is 4.74 Å². The third kappa shape index (κ3) is 7.86. The Kier molecular flexibility index (Phi) is 7.07. The highest BCUT2D eigenvalue weighted by molar-refractivity contribution is 8.45. The molecule has 0 aliphatic heterocycles. The maximum absolute atomic E-state index is 13.5. The maximum atomic E-state index is 13.5. The van der Waals surface area contributed by atoms with Crippen LogP contribution in [-0.2, 0) is 6.42 Å². The fourth-order valence-corrected chi connectivity index (χ4v) is 3.70. The topological polar surface area (TPSA) is 9.23 Å². The number of hydrogen-bond acceptors (Lipinski definition) is 1. The number of ether oxygens (including phenoxy) is 1. The number of hydrogen-bond donors (Lipinski definition) is 0. The van der Waals surface area contributed by atoms with Crippen LogP contribution in [0.4, 0.5) is 28.2 Å². The number of rotatable bonds is 10. The molecule has 0 amide bonds. The zero-order chi connectivity index (χ0) is 20.8. The van der Waals surface area contributed by atoms with Crippen LogP contribution in [0.1, 0.15) is 37.3 Å². The van der Waals surface area contributed by atoms with Crippen molar-refractivity contribution in [3.8, 4) is 5.75 Å². The SMILES string of the molecule is C/C(F)=C/COc1ccc(CC/C=C/CCCF)c(C)c1S(F)(F)(F)(F)F. The Balaban J connectivity index is 3.17. The van der Waals surface area contributed by atoms with Gasteiger partial charge in [0.05, 0.1) is 12.5 Å². The van der Waals surface area contributed by atoms with Crippen molar-refractivity contribution in [1.29, 1.82) is 0 Å². The van der Waals surface area contributed by atoms with E-state index in [4.69, 9.17) is 4.74 Å². The molecule has 0 fully saturated rings. The lowest BCUT2D eigenvalue weighted by Gasteiger charge is -2.42. The zero-order valence-corrected chi connectivity index (χ0v) is 15.9. The summed E-state index contributed by atoms with van der Waals surface area (Å²) in [5.74, 6) is -1.72. The fraction of sp³-hybridized carbons (Fsp3) is 0.444. The largest absolute Gasteiger partial charge is 0.488 e. The van der Waals surface area contributed by atoms with E-state index in [0.29, 0.717) is 19.3 Å². The normalized spacial score (nSPS) is 15.7. The highest BCUT2D eigenvalue weighted by atomic mass is 32.5. The first kappa shape index (κ1) is 23.4. The van der Waals surface area contributed by atoms with Crippen LogP contribution in [0.5, 0.6) is 5.75 Å². The minimum atomic E-state index is -10.0. The highest BCUT2D eigenvalue weighted by Crippen LogP contribution is 3.03. The third-order valence-corrected chi connectivity index (χ3v) is 5.00. The van der Waals surface area contributed by atoms with Gasteiger partial charge in [-0.2, -0.15) is 0 Å². The molecule has 27 heavy (non-hydrogen) atoms. The minimum absolute atomic E-state index is 0.109. The molecule has 0 heterocycles. The average Bonchev–Trinajstić information content (AvgIpc) is 2.49. The number of benzene rings is 1. The summed E-state index contributed by atoms with van der Waals surface area (Å²) in [5, 5.41) is 0. The van der Waals surface area contributed by atoms with Gasteiger partial charge in [0.25, 0.3) is 0 Å². The Morgan fingerprint density at radius 3 is 2.26 bits per heavy atom. The van der Waals surface area contributed by atoms with Gasteiger partial charge in [-0.3, -0.25) is 4.39 Å². The van der Waals surface area contributed by atoms with Crippen molar-refractivity contribution in [2.75, 3.05) is 13.3 Å². The van der Waals surface area contributed by atoms with Gasteiger partial charge in [0.2, 0.25) is 0 Å². The molecule has 0 unspecified atom stereocenters. The monoisotopic (exact) mass is 420 g/mol. The van der Waals surface area contributed by atoms with Crippen molar-refractivity contribution >= 4 is 10.2 Å². The Labute approximate surface area is 154 Å². The first-order chi connectivity index (χ1) is 12.3. The van der Waals surface area contributed by atoms with Gasteiger partial charge in [-0.25, -0.2) is 4.39 Å². The van der Waals surface area contributed by atoms with Crippen LogP contribution in [0, 0.1) is 6.92 Å². The van der Waals surface area contributed by atoms with Gasteiger partial charge in [0, 0.05) is 0 Å². The lowest BCUT2D eigenvalue weighted by Crippen LogP contribution is -2.13. The van der Waals surface area contributed by atoms with E-state index in [2.05, 4.69) is 0 Å². The van der Waals surface area contributed by atoms with E-state index in [0.717, 1.165) is 26.0 Å². The molecule has 0 saturated carbocycles. The number of alkyl halides is 1.